The summed E-state index contributed by atoms with van der Waals surface area (Å²) in [4.78, 5) is 32.6. The van der Waals surface area contributed by atoms with Gasteiger partial charge in [-0.15, -0.1) is 32.9 Å². The number of unbranched alkanes of at least 4 members (excludes halogenated alkanes) is 12. The number of benzene rings is 2. The van der Waals surface area contributed by atoms with Crippen LogP contribution < -0.4 is 0 Å². The molecule has 7 rings (SSSR count). The number of amides is 2. The molecular formula is C44H49Br2N3O2S2. The van der Waals surface area contributed by atoms with Gasteiger partial charge in [0, 0.05) is 34.2 Å². The SMILES string of the molecule is CCCCCCCCCCC(CCCCCCCC)CN1C(=O)c2ccc3c4c(ccc(c24)C1=O)-c1c(-c2ccc(Br)s2)nnc(-c2ccc(Br)s2)c1-3. The predicted molar refractivity (Wildman–Crippen MR) is 230 cm³/mol. The Hall–Kier alpha value is -2.72. The van der Waals surface area contributed by atoms with E-state index in [4.69, 9.17) is 10.2 Å². The Morgan fingerprint density at radius 2 is 0.943 bits per heavy atom. The molecule has 1 aliphatic heterocycles. The summed E-state index contributed by atoms with van der Waals surface area (Å²) in [5, 5.41) is 11.4. The number of aromatic nitrogens is 2. The highest BCUT2D eigenvalue weighted by Gasteiger charge is 2.39. The number of hydrogen-bond acceptors (Lipinski definition) is 6. The van der Waals surface area contributed by atoms with Gasteiger partial charge in [-0.2, -0.15) is 0 Å². The van der Waals surface area contributed by atoms with Crippen LogP contribution >= 0.6 is 54.5 Å². The van der Waals surface area contributed by atoms with Crippen LogP contribution in [0.4, 0.5) is 0 Å². The van der Waals surface area contributed by atoms with Crippen LogP contribution in [-0.4, -0.2) is 33.5 Å². The van der Waals surface area contributed by atoms with Crippen molar-refractivity contribution in [3.63, 3.8) is 0 Å². The molecule has 2 aromatic carbocycles. The van der Waals surface area contributed by atoms with E-state index in [0.29, 0.717) is 23.6 Å². The number of imide groups is 1. The number of thiophene rings is 2. The minimum atomic E-state index is -0.160. The van der Waals surface area contributed by atoms with E-state index in [2.05, 4.69) is 70.0 Å². The summed E-state index contributed by atoms with van der Waals surface area (Å²) in [5.41, 5.74) is 6.92. The summed E-state index contributed by atoms with van der Waals surface area (Å²) >= 11 is 10.5. The fourth-order valence-corrected chi connectivity index (χ4v) is 11.1. The van der Waals surface area contributed by atoms with Gasteiger partial charge in [0.25, 0.3) is 11.8 Å². The highest BCUT2D eigenvalue weighted by atomic mass is 79.9. The van der Waals surface area contributed by atoms with Crippen molar-refractivity contribution in [1.82, 2.24) is 15.1 Å². The van der Waals surface area contributed by atoms with Crippen LogP contribution in [0.2, 0.25) is 0 Å². The third kappa shape index (κ3) is 8.15. The molecule has 4 heterocycles. The average Bonchev–Trinajstić information content (AvgIpc) is 3.89. The first kappa shape index (κ1) is 38.6. The molecule has 0 bridgehead atoms. The maximum Gasteiger partial charge on any atom is 0.261 e. The van der Waals surface area contributed by atoms with Crippen LogP contribution in [0.1, 0.15) is 137 Å². The lowest BCUT2D eigenvalue weighted by Gasteiger charge is -2.31. The molecule has 1 atom stereocenters. The van der Waals surface area contributed by atoms with Crippen LogP contribution in [0.5, 0.6) is 0 Å². The molecular weight excluding hydrogens is 826 g/mol. The Kier molecular flexibility index (Phi) is 13.0. The molecule has 1 unspecified atom stereocenters. The van der Waals surface area contributed by atoms with Crippen LogP contribution in [0, 0.1) is 5.92 Å². The van der Waals surface area contributed by atoms with Crippen molar-refractivity contribution in [2.45, 2.75) is 117 Å². The third-order valence-electron chi connectivity index (χ3n) is 11.1. The summed E-state index contributed by atoms with van der Waals surface area (Å²) in [5.74, 6) is 0.00129. The van der Waals surface area contributed by atoms with Crippen LogP contribution in [0.15, 0.2) is 56.1 Å². The highest BCUT2D eigenvalue weighted by Crippen LogP contribution is 2.56. The van der Waals surface area contributed by atoms with Crippen molar-refractivity contribution in [2.75, 3.05) is 6.54 Å². The number of nitrogens with zero attached hydrogens (tertiary/aromatic N) is 3. The summed E-state index contributed by atoms with van der Waals surface area (Å²) in [6, 6.07) is 16.3. The molecule has 3 aromatic heterocycles. The molecule has 2 aliphatic rings. The molecule has 0 N–H and O–H groups in total. The van der Waals surface area contributed by atoms with E-state index in [1.807, 2.05) is 24.3 Å². The number of fused-ring (bicyclic) bond motifs is 3. The number of halogens is 2. The molecule has 5 aromatic rings. The Bertz CT molecular complexity index is 1980. The Morgan fingerprint density at radius 1 is 0.547 bits per heavy atom. The fraction of sp³-hybridized carbons (Fsp3) is 0.455. The molecule has 0 spiro atoms. The lowest BCUT2D eigenvalue weighted by Crippen LogP contribution is -2.43. The van der Waals surface area contributed by atoms with E-state index >= 15 is 0 Å². The average molecular weight is 876 g/mol. The van der Waals surface area contributed by atoms with Crippen molar-refractivity contribution in [2.24, 2.45) is 5.92 Å². The van der Waals surface area contributed by atoms with Crippen molar-refractivity contribution in [3.05, 3.63) is 67.2 Å². The minimum Gasteiger partial charge on any atom is -0.274 e. The molecule has 53 heavy (non-hydrogen) atoms. The first-order chi connectivity index (χ1) is 25.9. The van der Waals surface area contributed by atoms with E-state index in [9.17, 15) is 9.59 Å². The molecule has 278 valence electrons. The Balaban J connectivity index is 1.18. The van der Waals surface area contributed by atoms with E-state index in [-0.39, 0.29) is 11.8 Å². The first-order valence-electron chi connectivity index (χ1n) is 19.8. The van der Waals surface area contributed by atoms with Gasteiger partial charge < -0.3 is 0 Å². The van der Waals surface area contributed by atoms with Gasteiger partial charge in [-0.3, -0.25) is 14.5 Å². The third-order valence-corrected chi connectivity index (χ3v) is 14.4. The van der Waals surface area contributed by atoms with E-state index in [1.54, 1.807) is 27.6 Å². The van der Waals surface area contributed by atoms with Gasteiger partial charge in [-0.25, -0.2) is 0 Å². The zero-order chi connectivity index (χ0) is 36.9. The molecule has 9 heteroatoms. The fourth-order valence-electron chi connectivity index (χ4n) is 8.37. The Morgan fingerprint density at radius 3 is 1.36 bits per heavy atom. The smallest absolute Gasteiger partial charge is 0.261 e. The van der Waals surface area contributed by atoms with Crippen LogP contribution in [0.3, 0.4) is 0 Å². The van der Waals surface area contributed by atoms with Gasteiger partial charge in [0.1, 0.15) is 11.4 Å². The molecule has 0 saturated heterocycles. The number of rotatable bonds is 20. The highest BCUT2D eigenvalue weighted by molar-refractivity contribution is 9.11. The second kappa shape index (κ2) is 17.8. The van der Waals surface area contributed by atoms with Crippen LogP contribution in [-0.2, 0) is 0 Å². The molecule has 0 fully saturated rings. The molecule has 5 nitrogen and oxygen atoms in total. The topological polar surface area (TPSA) is 63.2 Å². The van der Waals surface area contributed by atoms with E-state index in [0.717, 1.165) is 87.4 Å². The Labute approximate surface area is 339 Å². The summed E-state index contributed by atoms with van der Waals surface area (Å²) < 4.78 is 2.05. The number of carbonyl (C=O) groups excluding carboxylic acids is 2. The predicted octanol–water partition coefficient (Wildman–Crippen LogP) is 14.8. The monoisotopic (exact) mass is 873 g/mol. The van der Waals surface area contributed by atoms with Crippen molar-refractivity contribution >= 4 is 77.1 Å². The second-order valence-electron chi connectivity index (χ2n) is 14.8. The molecule has 2 amide bonds. The lowest BCUT2D eigenvalue weighted by molar-refractivity contribution is 0.0577. The number of carbonyl (C=O) groups is 2. The zero-order valence-electron chi connectivity index (χ0n) is 30.9. The molecule has 0 radical (unpaired) electrons. The maximum atomic E-state index is 14.5. The van der Waals surface area contributed by atoms with Gasteiger partial charge in [-0.1, -0.05) is 116 Å². The largest absolute Gasteiger partial charge is 0.274 e. The summed E-state index contributed by atoms with van der Waals surface area (Å²) in [6.45, 7) is 5.02. The van der Waals surface area contributed by atoms with Gasteiger partial charge in [0.15, 0.2) is 0 Å². The van der Waals surface area contributed by atoms with Gasteiger partial charge >= 0.3 is 0 Å². The van der Waals surface area contributed by atoms with Crippen molar-refractivity contribution in [3.8, 4) is 43.4 Å². The lowest BCUT2D eigenvalue weighted by atomic mass is 9.88. The van der Waals surface area contributed by atoms with Gasteiger partial charge in [-0.05, 0) is 104 Å². The quantitative estimate of drug-likeness (QED) is 0.0566. The van der Waals surface area contributed by atoms with Crippen LogP contribution in [0.25, 0.3) is 54.2 Å². The van der Waals surface area contributed by atoms with E-state index in [1.165, 1.54) is 77.0 Å². The zero-order valence-corrected chi connectivity index (χ0v) is 35.8. The minimum absolute atomic E-state index is 0.160. The first-order valence-corrected chi connectivity index (χ1v) is 23.0. The number of hydrogen-bond donors (Lipinski definition) is 0. The molecule has 0 saturated carbocycles. The van der Waals surface area contributed by atoms with Crippen molar-refractivity contribution in [1.29, 1.82) is 0 Å². The van der Waals surface area contributed by atoms with E-state index < -0.39 is 0 Å². The normalized spacial score (nSPS) is 13.8. The van der Waals surface area contributed by atoms with Crippen molar-refractivity contribution < 1.29 is 9.59 Å². The van der Waals surface area contributed by atoms with Gasteiger partial charge in [0.2, 0.25) is 0 Å². The maximum absolute atomic E-state index is 14.5. The summed E-state index contributed by atoms with van der Waals surface area (Å²) in [6.07, 6.45) is 19.9. The second-order valence-corrected chi connectivity index (χ2v) is 19.8. The molecule has 1 aliphatic carbocycles. The standard InChI is InChI=1S/C44H49Br2N3O2S2/c1-3-5-7-9-11-12-14-16-18-28(17-15-13-10-8-6-4-2)27-49-43(50)31-21-19-29-37-30(20-22-32(38(31)37)44(49)51)40-39(29)41(33-23-25-35(45)52-33)47-48-42(40)34-24-26-36(46)53-34/h19-26,28H,3-18,27H2,1-2H3. The summed E-state index contributed by atoms with van der Waals surface area (Å²) in [7, 11) is 0. The van der Waals surface area contributed by atoms with Gasteiger partial charge in [0.05, 0.1) is 17.3 Å².